The smallest absolute Gasteiger partial charge is 0.272 e. The van der Waals surface area contributed by atoms with Crippen LogP contribution in [0.4, 0.5) is 20.3 Å². The summed E-state index contributed by atoms with van der Waals surface area (Å²) < 4.78 is 32.8. The second-order valence-corrected chi connectivity index (χ2v) is 8.26. The van der Waals surface area contributed by atoms with Gasteiger partial charge < -0.3 is 25.3 Å². The Labute approximate surface area is 197 Å². The Morgan fingerprint density at radius 2 is 2.15 bits per heavy atom. The SMILES string of the molecule is CCC/C=C(/Nc1cccc(=O)[nH]1)c1cnc(C(=O)N2CCCOCC2)cc1NCC(C)(F)F. The molecule has 8 nitrogen and oxygen atoms in total. The molecule has 2 aromatic heterocycles. The second-order valence-electron chi connectivity index (χ2n) is 8.26. The minimum absolute atomic E-state index is 0.163. The van der Waals surface area contributed by atoms with Gasteiger partial charge in [0.15, 0.2) is 0 Å². The molecule has 0 aliphatic carbocycles. The van der Waals surface area contributed by atoms with E-state index in [1.54, 1.807) is 17.0 Å². The fourth-order valence-corrected chi connectivity index (χ4v) is 3.48. The lowest BCUT2D eigenvalue weighted by Crippen LogP contribution is -2.34. The molecular weight excluding hydrogens is 444 g/mol. The van der Waals surface area contributed by atoms with Gasteiger partial charge in [0.25, 0.3) is 11.8 Å². The first kappa shape index (κ1) is 25.4. The van der Waals surface area contributed by atoms with E-state index in [0.29, 0.717) is 55.5 Å². The van der Waals surface area contributed by atoms with E-state index in [4.69, 9.17) is 4.74 Å². The number of nitrogens with zero attached hydrogens (tertiary/aromatic N) is 2. The van der Waals surface area contributed by atoms with Crippen molar-refractivity contribution >= 4 is 23.1 Å². The number of hydrogen-bond donors (Lipinski definition) is 3. The van der Waals surface area contributed by atoms with Crippen LogP contribution in [-0.2, 0) is 4.74 Å². The van der Waals surface area contributed by atoms with Crippen molar-refractivity contribution in [1.82, 2.24) is 14.9 Å². The van der Waals surface area contributed by atoms with Crippen LogP contribution in [0.3, 0.4) is 0 Å². The molecule has 0 spiro atoms. The fourth-order valence-electron chi connectivity index (χ4n) is 3.48. The Morgan fingerprint density at radius 1 is 1.32 bits per heavy atom. The van der Waals surface area contributed by atoms with Crippen LogP contribution in [0, 0.1) is 0 Å². The molecule has 1 fully saturated rings. The molecule has 3 rings (SSSR count). The van der Waals surface area contributed by atoms with Crippen LogP contribution < -0.4 is 16.2 Å². The number of nitrogens with one attached hydrogen (secondary N) is 3. The molecule has 0 aromatic carbocycles. The highest BCUT2D eigenvalue weighted by atomic mass is 19.3. The molecule has 0 unspecified atom stereocenters. The molecule has 10 heteroatoms. The number of hydrogen-bond acceptors (Lipinski definition) is 6. The van der Waals surface area contributed by atoms with Gasteiger partial charge in [0.05, 0.1) is 13.2 Å². The van der Waals surface area contributed by atoms with Gasteiger partial charge >= 0.3 is 0 Å². The van der Waals surface area contributed by atoms with Gasteiger partial charge in [-0.3, -0.25) is 14.6 Å². The third-order valence-electron chi connectivity index (χ3n) is 5.19. The van der Waals surface area contributed by atoms with E-state index < -0.39 is 12.5 Å². The maximum atomic E-state index is 13.7. The third kappa shape index (κ3) is 7.38. The molecule has 184 valence electrons. The summed E-state index contributed by atoms with van der Waals surface area (Å²) >= 11 is 0. The van der Waals surface area contributed by atoms with Gasteiger partial charge in [-0.25, -0.2) is 8.78 Å². The number of rotatable bonds is 9. The van der Waals surface area contributed by atoms with Crippen molar-refractivity contribution in [2.24, 2.45) is 0 Å². The normalized spacial score (nSPS) is 15.1. The standard InChI is InChI=1S/C24H31F2N5O3/c1-3-4-7-18(29-21-8-5-9-22(32)30-21)17-15-27-20(14-19(17)28-16-24(2,25)26)23(33)31-10-6-12-34-13-11-31/h5,7-9,14-15H,3-4,6,10-13,16H2,1-2H3,(H,27,28)(H2,29,30,32)/b18-7+. The van der Waals surface area contributed by atoms with E-state index in [9.17, 15) is 18.4 Å². The number of halogens is 2. The van der Waals surface area contributed by atoms with E-state index in [0.717, 1.165) is 19.8 Å². The topological polar surface area (TPSA) is 99.3 Å². The second kappa shape index (κ2) is 11.7. The quantitative estimate of drug-likeness (QED) is 0.508. The highest BCUT2D eigenvalue weighted by molar-refractivity contribution is 5.94. The minimum atomic E-state index is -2.96. The predicted molar refractivity (Wildman–Crippen MR) is 128 cm³/mol. The average molecular weight is 476 g/mol. The molecule has 0 radical (unpaired) electrons. The van der Waals surface area contributed by atoms with Gasteiger partial charge in [-0.2, -0.15) is 0 Å². The lowest BCUT2D eigenvalue weighted by Gasteiger charge is -2.22. The van der Waals surface area contributed by atoms with Gasteiger partial charge in [0.1, 0.15) is 11.5 Å². The zero-order valence-corrected chi connectivity index (χ0v) is 19.5. The number of aromatic nitrogens is 2. The number of unbranched alkanes of at least 4 members (excludes halogenated alkanes) is 1. The Hall–Kier alpha value is -3.27. The van der Waals surface area contributed by atoms with Crippen LogP contribution in [-0.4, -0.2) is 59.5 Å². The van der Waals surface area contributed by atoms with Crippen molar-refractivity contribution in [1.29, 1.82) is 0 Å². The minimum Gasteiger partial charge on any atom is -0.380 e. The number of amides is 1. The molecule has 1 aliphatic heterocycles. The van der Waals surface area contributed by atoms with Crippen LogP contribution in [0.25, 0.3) is 5.70 Å². The molecular formula is C24H31F2N5O3. The van der Waals surface area contributed by atoms with E-state index in [1.165, 1.54) is 18.3 Å². The zero-order chi connectivity index (χ0) is 24.6. The van der Waals surface area contributed by atoms with Crippen LogP contribution >= 0.6 is 0 Å². The van der Waals surface area contributed by atoms with Crippen molar-refractivity contribution < 1.29 is 18.3 Å². The first-order valence-electron chi connectivity index (χ1n) is 11.4. The zero-order valence-electron chi connectivity index (χ0n) is 19.5. The molecule has 3 heterocycles. The van der Waals surface area contributed by atoms with Crippen molar-refractivity contribution in [3.8, 4) is 0 Å². The predicted octanol–water partition coefficient (Wildman–Crippen LogP) is 3.95. The molecule has 3 N–H and O–H groups in total. The van der Waals surface area contributed by atoms with Gasteiger partial charge in [-0.15, -0.1) is 0 Å². The number of anilines is 2. The summed E-state index contributed by atoms with van der Waals surface area (Å²) in [4.78, 5) is 33.5. The first-order valence-corrected chi connectivity index (χ1v) is 11.4. The van der Waals surface area contributed by atoms with Gasteiger partial charge in [-0.1, -0.05) is 25.5 Å². The van der Waals surface area contributed by atoms with Crippen LogP contribution in [0.2, 0.25) is 0 Å². The molecule has 1 amide bonds. The van der Waals surface area contributed by atoms with E-state index in [-0.39, 0.29) is 17.2 Å². The summed E-state index contributed by atoms with van der Waals surface area (Å²) in [5.41, 5.74) is 1.33. The number of alkyl halides is 2. The van der Waals surface area contributed by atoms with E-state index in [1.807, 2.05) is 13.0 Å². The first-order chi connectivity index (χ1) is 16.3. The summed E-state index contributed by atoms with van der Waals surface area (Å²) in [6.45, 7) is 4.25. The summed E-state index contributed by atoms with van der Waals surface area (Å²) in [6.07, 6.45) is 5.68. The van der Waals surface area contributed by atoms with E-state index in [2.05, 4.69) is 20.6 Å². The van der Waals surface area contributed by atoms with Crippen LogP contribution in [0.15, 0.2) is 41.3 Å². The summed E-state index contributed by atoms with van der Waals surface area (Å²) in [7, 11) is 0. The number of carbonyl (C=O) groups excluding carboxylic acids is 1. The Kier molecular flexibility index (Phi) is 8.75. The van der Waals surface area contributed by atoms with Crippen molar-refractivity contribution in [2.45, 2.75) is 39.0 Å². The maximum Gasteiger partial charge on any atom is 0.272 e. The number of carbonyl (C=O) groups is 1. The van der Waals surface area contributed by atoms with Gasteiger partial charge in [0, 0.05) is 55.8 Å². The molecule has 0 bridgehead atoms. The average Bonchev–Trinajstić information content (AvgIpc) is 3.09. The highest BCUT2D eigenvalue weighted by Gasteiger charge is 2.24. The molecule has 34 heavy (non-hydrogen) atoms. The fraction of sp³-hybridized carbons (Fsp3) is 0.458. The van der Waals surface area contributed by atoms with Crippen LogP contribution in [0.1, 0.15) is 49.2 Å². The Morgan fingerprint density at radius 3 is 2.88 bits per heavy atom. The monoisotopic (exact) mass is 475 g/mol. The van der Waals surface area contributed by atoms with E-state index >= 15 is 0 Å². The molecule has 0 atom stereocenters. The number of pyridine rings is 2. The molecule has 1 saturated heterocycles. The van der Waals surface area contributed by atoms with Crippen molar-refractivity contribution in [2.75, 3.05) is 43.5 Å². The molecule has 2 aromatic rings. The lowest BCUT2D eigenvalue weighted by molar-refractivity contribution is 0.0367. The van der Waals surface area contributed by atoms with Crippen LogP contribution in [0.5, 0.6) is 0 Å². The third-order valence-corrected chi connectivity index (χ3v) is 5.19. The lowest BCUT2D eigenvalue weighted by atomic mass is 10.1. The maximum absolute atomic E-state index is 13.7. The number of H-pyrrole nitrogens is 1. The number of aromatic amines is 1. The van der Waals surface area contributed by atoms with Gasteiger partial charge in [0.2, 0.25) is 5.56 Å². The summed E-state index contributed by atoms with van der Waals surface area (Å²) in [5.74, 6) is -2.78. The summed E-state index contributed by atoms with van der Waals surface area (Å²) in [5, 5.41) is 5.93. The Bertz CT molecular complexity index is 1060. The highest BCUT2D eigenvalue weighted by Crippen LogP contribution is 2.27. The largest absolute Gasteiger partial charge is 0.380 e. The molecule has 1 aliphatic rings. The van der Waals surface area contributed by atoms with Crippen molar-refractivity contribution in [3.05, 3.63) is 58.1 Å². The number of allylic oxidation sites excluding steroid dienone is 1. The Balaban J connectivity index is 1.98. The van der Waals surface area contributed by atoms with Crippen molar-refractivity contribution in [3.63, 3.8) is 0 Å². The summed E-state index contributed by atoms with van der Waals surface area (Å²) in [6, 6.07) is 6.21. The molecule has 0 saturated carbocycles. The number of ether oxygens (including phenoxy) is 1. The van der Waals surface area contributed by atoms with Gasteiger partial charge in [-0.05, 0) is 25.0 Å².